The largest absolute Gasteiger partial charge is 0.367 e. The predicted octanol–water partition coefficient (Wildman–Crippen LogP) is 3.07. The molecule has 1 aliphatic rings. The Bertz CT molecular complexity index is 979. The van der Waals surface area contributed by atoms with Gasteiger partial charge in [-0.1, -0.05) is 18.2 Å². The van der Waals surface area contributed by atoms with Crippen molar-refractivity contribution in [2.75, 3.05) is 41.3 Å². The number of aryl methyl sites for hydroxylation is 2. The van der Waals surface area contributed by atoms with Crippen LogP contribution in [0.1, 0.15) is 21.5 Å². The molecule has 4 rings (SSSR count). The van der Waals surface area contributed by atoms with Gasteiger partial charge in [0.2, 0.25) is 5.95 Å². The minimum Gasteiger partial charge on any atom is -0.367 e. The molecule has 1 aliphatic heterocycles. The number of nitrogens with zero attached hydrogens (tertiary/aromatic N) is 5. The summed E-state index contributed by atoms with van der Waals surface area (Å²) in [5, 5.41) is 3.03. The Balaban J connectivity index is 1.44. The third kappa shape index (κ3) is 4.18. The maximum absolute atomic E-state index is 12.8. The van der Waals surface area contributed by atoms with Crippen LogP contribution in [0.4, 0.5) is 17.3 Å². The quantitative estimate of drug-likeness (QED) is 0.740. The van der Waals surface area contributed by atoms with Gasteiger partial charge in [0.25, 0.3) is 5.91 Å². The maximum Gasteiger partial charge on any atom is 0.257 e. The van der Waals surface area contributed by atoms with E-state index in [4.69, 9.17) is 0 Å². The fourth-order valence-electron chi connectivity index (χ4n) is 3.54. The van der Waals surface area contributed by atoms with E-state index in [1.165, 1.54) is 0 Å². The van der Waals surface area contributed by atoms with Gasteiger partial charge in [0, 0.05) is 50.5 Å². The average molecular weight is 388 g/mol. The molecule has 29 heavy (non-hydrogen) atoms. The van der Waals surface area contributed by atoms with Crippen molar-refractivity contribution < 1.29 is 4.79 Å². The summed E-state index contributed by atoms with van der Waals surface area (Å²) in [6, 6.07) is 9.70. The molecule has 7 nitrogen and oxygen atoms in total. The number of hydrogen-bond donors (Lipinski definition) is 1. The lowest BCUT2D eigenvalue weighted by Gasteiger charge is -2.35. The van der Waals surface area contributed by atoms with Gasteiger partial charge in [-0.2, -0.15) is 0 Å². The molecule has 0 spiro atoms. The van der Waals surface area contributed by atoms with Crippen molar-refractivity contribution in [1.82, 2.24) is 15.0 Å². The van der Waals surface area contributed by atoms with Crippen molar-refractivity contribution in [2.24, 2.45) is 0 Å². The van der Waals surface area contributed by atoms with E-state index in [1.807, 2.05) is 50.4 Å². The van der Waals surface area contributed by atoms with E-state index in [1.54, 1.807) is 18.6 Å². The van der Waals surface area contributed by atoms with Gasteiger partial charge < -0.3 is 15.1 Å². The number of hydrogen-bond acceptors (Lipinski definition) is 6. The molecular formula is C22H24N6O. The van der Waals surface area contributed by atoms with E-state index >= 15 is 0 Å². The Morgan fingerprint density at radius 2 is 1.59 bits per heavy atom. The normalized spacial score (nSPS) is 14.0. The molecule has 0 saturated carbocycles. The van der Waals surface area contributed by atoms with Gasteiger partial charge in [-0.05, 0) is 37.1 Å². The summed E-state index contributed by atoms with van der Waals surface area (Å²) in [5.41, 5.74) is 4.45. The molecule has 1 amide bonds. The van der Waals surface area contributed by atoms with Crippen molar-refractivity contribution in [3.05, 3.63) is 71.8 Å². The lowest BCUT2D eigenvalue weighted by atomic mass is 10.1. The molecule has 1 fully saturated rings. The Morgan fingerprint density at radius 1 is 0.931 bits per heavy atom. The van der Waals surface area contributed by atoms with E-state index in [0.717, 1.165) is 54.6 Å². The van der Waals surface area contributed by atoms with E-state index < -0.39 is 0 Å². The summed E-state index contributed by atoms with van der Waals surface area (Å²) in [7, 11) is 0. The molecule has 0 unspecified atom stereocenters. The van der Waals surface area contributed by atoms with E-state index in [-0.39, 0.29) is 5.91 Å². The number of piperazine rings is 1. The first kappa shape index (κ1) is 18.9. The molecule has 0 aliphatic carbocycles. The number of rotatable bonds is 4. The Labute approximate surface area is 170 Å². The van der Waals surface area contributed by atoms with Crippen molar-refractivity contribution in [1.29, 1.82) is 0 Å². The van der Waals surface area contributed by atoms with Crippen molar-refractivity contribution in [3.63, 3.8) is 0 Å². The lowest BCUT2D eigenvalue weighted by Crippen LogP contribution is -2.47. The Kier molecular flexibility index (Phi) is 5.37. The van der Waals surface area contributed by atoms with Crippen molar-refractivity contribution in [2.45, 2.75) is 13.8 Å². The minimum absolute atomic E-state index is 0.145. The summed E-state index contributed by atoms with van der Waals surface area (Å²) < 4.78 is 0. The number of para-hydroxylation sites is 1. The Hall–Kier alpha value is -3.48. The van der Waals surface area contributed by atoms with Crippen LogP contribution < -0.4 is 15.1 Å². The third-order valence-corrected chi connectivity index (χ3v) is 5.19. The fourth-order valence-corrected chi connectivity index (χ4v) is 3.54. The van der Waals surface area contributed by atoms with Crippen LogP contribution in [0.5, 0.6) is 0 Å². The number of amides is 1. The van der Waals surface area contributed by atoms with E-state index in [0.29, 0.717) is 5.56 Å². The molecule has 0 bridgehead atoms. The second kappa shape index (κ2) is 8.26. The summed E-state index contributed by atoms with van der Waals surface area (Å²) in [6.07, 6.45) is 6.94. The van der Waals surface area contributed by atoms with E-state index in [2.05, 4.69) is 30.1 Å². The number of carbonyl (C=O) groups excluding carboxylic acids is 1. The minimum atomic E-state index is -0.145. The van der Waals surface area contributed by atoms with Crippen LogP contribution in [0.2, 0.25) is 0 Å². The van der Waals surface area contributed by atoms with Crippen LogP contribution in [0, 0.1) is 13.8 Å². The zero-order chi connectivity index (χ0) is 20.2. The summed E-state index contributed by atoms with van der Waals surface area (Å²) in [5.74, 6) is 0.611. The second-order valence-electron chi connectivity index (χ2n) is 7.18. The fraction of sp³-hybridized carbons (Fsp3) is 0.273. The molecule has 148 valence electrons. The zero-order valence-corrected chi connectivity index (χ0v) is 16.7. The number of anilines is 3. The molecule has 0 atom stereocenters. The van der Waals surface area contributed by atoms with Crippen LogP contribution in [-0.4, -0.2) is 47.0 Å². The lowest BCUT2D eigenvalue weighted by molar-refractivity contribution is 0.102. The van der Waals surface area contributed by atoms with Crippen LogP contribution in [0.15, 0.2) is 55.1 Å². The van der Waals surface area contributed by atoms with Gasteiger partial charge >= 0.3 is 0 Å². The Morgan fingerprint density at radius 3 is 2.28 bits per heavy atom. The number of carbonyl (C=O) groups is 1. The second-order valence-corrected chi connectivity index (χ2v) is 7.18. The van der Waals surface area contributed by atoms with Crippen LogP contribution in [0.25, 0.3) is 0 Å². The molecular weight excluding hydrogens is 364 g/mol. The topological polar surface area (TPSA) is 74.2 Å². The van der Waals surface area contributed by atoms with Gasteiger partial charge in [0.05, 0.1) is 17.4 Å². The SMILES string of the molecule is Cc1cccc(C)c1NC(=O)c1cncc(N2CCN(c3ncccn3)CC2)c1. The summed E-state index contributed by atoms with van der Waals surface area (Å²) in [4.78, 5) is 30.2. The van der Waals surface area contributed by atoms with Gasteiger partial charge in [-0.15, -0.1) is 0 Å². The number of pyridine rings is 1. The molecule has 1 saturated heterocycles. The first-order valence-electron chi connectivity index (χ1n) is 9.71. The van der Waals surface area contributed by atoms with Crippen molar-refractivity contribution >= 4 is 23.2 Å². The van der Waals surface area contributed by atoms with Crippen molar-refractivity contribution in [3.8, 4) is 0 Å². The average Bonchev–Trinajstić information content (AvgIpc) is 2.77. The highest BCUT2D eigenvalue weighted by Gasteiger charge is 2.20. The molecule has 0 radical (unpaired) electrons. The standard InChI is InChI=1S/C22H24N6O/c1-16-5-3-6-17(2)20(16)26-21(29)18-13-19(15-23-14-18)27-9-11-28(12-10-27)22-24-7-4-8-25-22/h3-8,13-15H,9-12H2,1-2H3,(H,26,29). The third-order valence-electron chi connectivity index (χ3n) is 5.19. The number of aromatic nitrogens is 3. The van der Waals surface area contributed by atoms with Crippen LogP contribution >= 0.6 is 0 Å². The molecule has 2 aromatic heterocycles. The zero-order valence-electron chi connectivity index (χ0n) is 16.7. The first-order valence-corrected chi connectivity index (χ1v) is 9.71. The maximum atomic E-state index is 12.8. The molecule has 1 N–H and O–H groups in total. The predicted molar refractivity (Wildman–Crippen MR) is 115 cm³/mol. The van der Waals surface area contributed by atoms with Crippen LogP contribution in [0.3, 0.4) is 0 Å². The highest BCUT2D eigenvalue weighted by molar-refractivity contribution is 6.05. The van der Waals surface area contributed by atoms with Gasteiger partial charge in [-0.3, -0.25) is 9.78 Å². The number of nitrogens with one attached hydrogen (secondary N) is 1. The highest BCUT2D eigenvalue weighted by atomic mass is 16.1. The molecule has 7 heteroatoms. The molecule has 3 aromatic rings. The monoisotopic (exact) mass is 388 g/mol. The molecule has 3 heterocycles. The number of benzene rings is 1. The summed E-state index contributed by atoms with van der Waals surface area (Å²) in [6.45, 7) is 7.27. The smallest absolute Gasteiger partial charge is 0.257 e. The first-order chi connectivity index (χ1) is 14.1. The summed E-state index contributed by atoms with van der Waals surface area (Å²) >= 11 is 0. The van der Waals surface area contributed by atoms with Crippen LogP contribution in [-0.2, 0) is 0 Å². The van der Waals surface area contributed by atoms with Gasteiger partial charge in [0.15, 0.2) is 0 Å². The van der Waals surface area contributed by atoms with E-state index in [9.17, 15) is 4.79 Å². The molecule has 1 aromatic carbocycles. The highest BCUT2D eigenvalue weighted by Crippen LogP contribution is 2.22. The van der Waals surface area contributed by atoms with Gasteiger partial charge in [-0.25, -0.2) is 9.97 Å². The van der Waals surface area contributed by atoms with Gasteiger partial charge in [0.1, 0.15) is 0 Å².